The molecule has 1 heterocycles. The number of rotatable bonds is 4. The normalized spacial score (nSPS) is 28.3. The van der Waals surface area contributed by atoms with Crippen LogP contribution >= 0.6 is 11.6 Å². The average Bonchev–Trinajstić information content (AvgIpc) is 3.18. The van der Waals surface area contributed by atoms with Crippen molar-refractivity contribution in [2.45, 2.75) is 37.8 Å². The Balaban J connectivity index is 1.62. The molecule has 1 saturated carbocycles. The molecule has 0 spiro atoms. The van der Waals surface area contributed by atoms with E-state index in [1.165, 1.54) is 18.4 Å². The number of nitrogens with one attached hydrogen (secondary N) is 1. The molecule has 1 N–H and O–H groups in total. The van der Waals surface area contributed by atoms with Crippen molar-refractivity contribution in [3.05, 3.63) is 34.9 Å². The molecule has 18 heavy (non-hydrogen) atoms. The van der Waals surface area contributed by atoms with E-state index in [2.05, 4.69) is 17.4 Å². The minimum Gasteiger partial charge on any atom is -0.381 e. The van der Waals surface area contributed by atoms with Gasteiger partial charge < -0.3 is 10.1 Å². The molecule has 2 nitrogen and oxygen atoms in total. The Morgan fingerprint density at radius 2 is 1.94 bits per heavy atom. The number of halogens is 1. The molecule has 1 aromatic carbocycles. The molecule has 0 amide bonds. The Morgan fingerprint density at radius 1 is 1.17 bits per heavy atom. The van der Waals surface area contributed by atoms with Crippen LogP contribution < -0.4 is 5.32 Å². The number of ether oxygens (including phenoxy) is 1. The van der Waals surface area contributed by atoms with Gasteiger partial charge in [-0.2, -0.15) is 0 Å². The Morgan fingerprint density at radius 3 is 2.67 bits per heavy atom. The number of hydrogen-bond donors (Lipinski definition) is 1. The first-order chi connectivity index (χ1) is 8.81. The molecule has 98 valence electrons. The van der Waals surface area contributed by atoms with Crippen molar-refractivity contribution in [2.24, 2.45) is 5.92 Å². The molecule has 0 radical (unpaired) electrons. The molecule has 3 heteroatoms. The molecule has 0 aromatic heterocycles. The smallest absolute Gasteiger partial charge is 0.0512 e. The topological polar surface area (TPSA) is 21.3 Å². The second kappa shape index (κ2) is 5.60. The number of benzene rings is 1. The standard InChI is InChI=1S/C15H20ClNO/c16-13-3-1-11(2-4-13)9-12-10-18-8-7-15(12)17-14-5-6-14/h1-4,12,14-15,17H,5-10H2/t12-,15+/m0/s1. The van der Waals surface area contributed by atoms with Crippen molar-refractivity contribution >= 4 is 11.6 Å². The lowest BCUT2D eigenvalue weighted by molar-refractivity contribution is 0.0316. The molecule has 0 unspecified atom stereocenters. The van der Waals surface area contributed by atoms with E-state index in [0.29, 0.717) is 12.0 Å². The van der Waals surface area contributed by atoms with Crippen LogP contribution in [0.5, 0.6) is 0 Å². The van der Waals surface area contributed by atoms with Gasteiger partial charge >= 0.3 is 0 Å². The summed E-state index contributed by atoms with van der Waals surface area (Å²) in [6.07, 6.45) is 4.94. The van der Waals surface area contributed by atoms with Gasteiger partial charge in [-0.15, -0.1) is 0 Å². The maximum Gasteiger partial charge on any atom is 0.0512 e. The van der Waals surface area contributed by atoms with Crippen LogP contribution in [0.15, 0.2) is 24.3 Å². The molecular weight excluding hydrogens is 246 g/mol. The van der Waals surface area contributed by atoms with Crippen LogP contribution in [-0.2, 0) is 11.2 Å². The molecule has 1 saturated heterocycles. The molecule has 1 aliphatic heterocycles. The van der Waals surface area contributed by atoms with Crippen LogP contribution in [0.2, 0.25) is 5.02 Å². The summed E-state index contributed by atoms with van der Waals surface area (Å²) in [7, 11) is 0. The van der Waals surface area contributed by atoms with E-state index in [1.807, 2.05) is 12.1 Å². The molecule has 0 bridgehead atoms. The Kier molecular flexibility index (Phi) is 3.88. The van der Waals surface area contributed by atoms with Gasteiger partial charge in [0.15, 0.2) is 0 Å². The van der Waals surface area contributed by atoms with E-state index in [-0.39, 0.29) is 0 Å². The van der Waals surface area contributed by atoms with E-state index in [4.69, 9.17) is 16.3 Å². The first kappa shape index (κ1) is 12.5. The third kappa shape index (κ3) is 3.25. The van der Waals surface area contributed by atoms with E-state index < -0.39 is 0 Å². The quantitative estimate of drug-likeness (QED) is 0.904. The highest BCUT2D eigenvalue weighted by atomic mass is 35.5. The summed E-state index contributed by atoms with van der Waals surface area (Å²) in [6.45, 7) is 1.79. The first-order valence-electron chi connectivity index (χ1n) is 6.89. The van der Waals surface area contributed by atoms with Gasteiger partial charge in [-0.3, -0.25) is 0 Å². The summed E-state index contributed by atoms with van der Waals surface area (Å²) >= 11 is 5.92. The summed E-state index contributed by atoms with van der Waals surface area (Å²) in [5, 5.41) is 4.58. The Hall–Kier alpha value is -0.570. The van der Waals surface area contributed by atoms with Crippen molar-refractivity contribution in [3.8, 4) is 0 Å². The Bertz CT molecular complexity index is 388. The van der Waals surface area contributed by atoms with Crippen molar-refractivity contribution in [1.29, 1.82) is 0 Å². The molecule has 1 aromatic rings. The van der Waals surface area contributed by atoms with Crippen LogP contribution in [0.1, 0.15) is 24.8 Å². The van der Waals surface area contributed by atoms with Crippen LogP contribution in [0, 0.1) is 5.92 Å². The summed E-state index contributed by atoms with van der Waals surface area (Å²) in [5.41, 5.74) is 1.36. The number of hydrogen-bond acceptors (Lipinski definition) is 2. The van der Waals surface area contributed by atoms with Gasteiger partial charge in [-0.25, -0.2) is 0 Å². The maximum atomic E-state index is 5.92. The third-order valence-corrected chi connectivity index (χ3v) is 4.16. The van der Waals surface area contributed by atoms with Gasteiger partial charge in [0.1, 0.15) is 0 Å². The zero-order chi connectivity index (χ0) is 12.4. The zero-order valence-electron chi connectivity index (χ0n) is 10.6. The highest BCUT2D eigenvalue weighted by molar-refractivity contribution is 6.30. The average molecular weight is 266 g/mol. The van der Waals surface area contributed by atoms with E-state index in [9.17, 15) is 0 Å². The zero-order valence-corrected chi connectivity index (χ0v) is 11.3. The summed E-state index contributed by atoms with van der Waals surface area (Å²) in [6, 6.07) is 9.62. The third-order valence-electron chi connectivity index (χ3n) is 3.91. The Labute approximate surface area is 114 Å². The van der Waals surface area contributed by atoms with Crippen molar-refractivity contribution in [3.63, 3.8) is 0 Å². The van der Waals surface area contributed by atoms with Gasteiger partial charge in [0.2, 0.25) is 0 Å². The lowest BCUT2D eigenvalue weighted by atomic mass is 9.89. The van der Waals surface area contributed by atoms with Gasteiger partial charge in [0.05, 0.1) is 6.61 Å². The molecule has 2 atom stereocenters. The lowest BCUT2D eigenvalue weighted by Gasteiger charge is -2.32. The second-order valence-corrected chi connectivity index (χ2v) is 5.94. The first-order valence-corrected chi connectivity index (χ1v) is 7.27. The minimum absolute atomic E-state index is 0.598. The summed E-state index contributed by atoms with van der Waals surface area (Å²) in [4.78, 5) is 0. The fraction of sp³-hybridized carbons (Fsp3) is 0.600. The highest BCUT2D eigenvalue weighted by Gasteiger charge is 2.31. The van der Waals surface area contributed by atoms with Crippen LogP contribution in [0.4, 0.5) is 0 Å². The molecular formula is C15H20ClNO. The summed E-state index contributed by atoms with van der Waals surface area (Å²) in [5.74, 6) is 0.598. The molecule has 3 rings (SSSR count). The fourth-order valence-electron chi connectivity index (χ4n) is 2.69. The monoisotopic (exact) mass is 265 g/mol. The van der Waals surface area contributed by atoms with Crippen molar-refractivity contribution in [1.82, 2.24) is 5.32 Å². The van der Waals surface area contributed by atoms with Crippen LogP contribution in [0.25, 0.3) is 0 Å². The second-order valence-electron chi connectivity index (χ2n) is 5.50. The minimum atomic E-state index is 0.598. The van der Waals surface area contributed by atoms with Crippen molar-refractivity contribution in [2.75, 3.05) is 13.2 Å². The highest BCUT2D eigenvalue weighted by Crippen LogP contribution is 2.26. The SMILES string of the molecule is Clc1ccc(C[C@H]2COCC[C@H]2NC2CC2)cc1. The van der Waals surface area contributed by atoms with Crippen molar-refractivity contribution < 1.29 is 4.74 Å². The maximum absolute atomic E-state index is 5.92. The van der Waals surface area contributed by atoms with E-state index >= 15 is 0 Å². The largest absolute Gasteiger partial charge is 0.381 e. The van der Waals surface area contributed by atoms with E-state index in [1.54, 1.807) is 0 Å². The van der Waals surface area contributed by atoms with Gasteiger partial charge in [0.25, 0.3) is 0 Å². The summed E-state index contributed by atoms with van der Waals surface area (Å²) < 4.78 is 5.64. The predicted molar refractivity (Wildman–Crippen MR) is 74.0 cm³/mol. The molecule has 2 fully saturated rings. The lowest BCUT2D eigenvalue weighted by Crippen LogP contribution is -2.44. The molecule has 1 aliphatic carbocycles. The molecule has 2 aliphatic rings. The predicted octanol–water partition coefficient (Wildman–Crippen LogP) is 3.04. The van der Waals surface area contributed by atoms with Crippen LogP contribution in [-0.4, -0.2) is 25.3 Å². The van der Waals surface area contributed by atoms with Crippen LogP contribution in [0.3, 0.4) is 0 Å². The van der Waals surface area contributed by atoms with E-state index in [0.717, 1.165) is 37.1 Å². The van der Waals surface area contributed by atoms with Gasteiger partial charge in [0, 0.05) is 29.6 Å². The van der Waals surface area contributed by atoms with Gasteiger partial charge in [-0.1, -0.05) is 23.7 Å². The van der Waals surface area contributed by atoms with Gasteiger partial charge in [-0.05, 0) is 43.4 Å². The fourth-order valence-corrected chi connectivity index (χ4v) is 2.82.